The number of allylic oxidation sites excluding steroid dienone is 4. The van der Waals surface area contributed by atoms with Crippen LogP contribution in [-0.2, 0) is 23.2 Å². The van der Waals surface area contributed by atoms with Crippen LogP contribution in [0.1, 0.15) is 28.4 Å². The van der Waals surface area contributed by atoms with E-state index >= 15 is 0 Å². The van der Waals surface area contributed by atoms with E-state index in [0.29, 0.717) is 5.25 Å². The van der Waals surface area contributed by atoms with Crippen LogP contribution < -0.4 is 28.1 Å². The van der Waals surface area contributed by atoms with Crippen LogP contribution in [0.25, 0.3) is 11.6 Å². The van der Waals surface area contributed by atoms with Crippen molar-refractivity contribution in [3.8, 4) is 0 Å². The Hall–Kier alpha value is -0.0469. The third-order valence-corrected chi connectivity index (χ3v) is 11.1. The predicted octanol–water partition coefficient (Wildman–Crippen LogP) is -0.290. The van der Waals surface area contributed by atoms with Gasteiger partial charge in [-0.1, -0.05) is 0 Å². The van der Waals surface area contributed by atoms with Crippen molar-refractivity contribution in [1.29, 1.82) is 0 Å². The summed E-state index contributed by atoms with van der Waals surface area (Å²) in [5.74, 6) is 0. The summed E-state index contributed by atoms with van der Waals surface area (Å²) in [5.41, 5.74) is 5.98. The standard InChI is InChI=1S/C15H8BrS.C5H5.2ClH.Zr/c16-10-5-6-11-9(7-10)8-13-12-3-1-2-4-14(12)17-15(11)13;1-2-4-5-3-1;;;/h1-6,8,15H;1-3H,4H2;2*1H;/q;;;;+2/p-2. The van der Waals surface area contributed by atoms with Crippen molar-refractivity contribution in [2.45, 2.75) is 16.6 Å². The number of halogens is 3. The molecule has 124 valence electrons. The van der Waals surface area contributed by atoms with Gasteiger partial charge < -0.3 is 24.8 Å². The third-order valence-electron chi connectivity index (χ3n) is 4.59. The van der Waals surface area contributed by atoms with E-state index in [-0.39, 0.29) is 24.8 Å². The smallest absolute Gasteiger partial charge is 1.00 e. The molecule has 2 aliphatic carbocycles. The van der Waals surface area contributed by atoms with Gasteiger partial charge in [-0.05, 0) is 0 Å². The van der Waals surface area contributed by atoms with E-state index in [1.165, 1.54) is 38.1 Å². The molecular formula is C20H13BrCl2SZr. The van der Waals surface area contributed by atoms with Gasteiger partial charge in [0.25, 0.3) is 0 Å². The van der Waals surface area contributed by atoms with Gasteiger partial charge in [0.1, 0.15) is 0 Å². The maximum absolute atomic E-state index is 3.83. The van der Waals surface area contributed by atoms with Crippen molar-refractivity contribution in [1.82, 2.24) is 0 Å². The van der Waals surface area contributed by atoms with E-state index in [4.69, 9.17) is 0 Å². The maximum Gasteiger partial charge on any atom is -1.00 e. The number of benzene rings is 2. The summed E-state index contributed by atoms with van der Waals surface area (Å²) >= 11 is 5.13. The first kappa shape index (κ1) is 19.7. The van der Waals surface area contributed by atoms with Crippen LogP contribution in [0.3, 0.4) is 0 Å². The van der Waals surface area contributed by atoms with Crippen molar-refractivity contribution >= 4 is 42.6 Å². The normalized spacial score (nSPS) is 18.2. The molecule has 0 nitrogen and oxygen atoms in total. The molecule has 0 N–H and O–H groups in total. The average molecular weight is 527 g/mol. The third kappa shape index (κ3) is 3.32. The van der Waals surface area contributed by atoms with Gasteiger partial charge >= 0.3 is 161 Å². The molecule has 1 unspecified atom stereocenters. The Labute approximate surface area is 184 Å². The molecule has 1 heterocycles. The number of hydrogen-bond donors (Lipinski definition) is 0. The van der Waals surface area contributed by atoms with Gasteiger partial charge in [0, 0.05) is 0 Å². The Balaban J connectivity index is 0.000000911. The van der Waals surface area contributed by atoms with Crippen LogP contribution in [0.2, 0.25) is 0 Å². The van der Waals surface area contributed by atoms with E-state index < -0.39 is 23.2 Å². The van der Waals surface area contributed by atoms with Crippen LogP contribution in [-0.4, -0.2) is 0 Å². The van der Waals surface area contributed by atoms with Gasteiger partial charge in [-0.25, -0.2) is 0 Å². The van der Waals surface area contributed by atoms with Crippen LogP contribution >= 0.6 is 27.7 Å². The number of rotatable bonds is 2. The minimum Gasteiger partial charge on any atom is -1.00 e. The first-order valence-corrected chi connectivity index (χ1v) is 11.9. The quantitative estimate of drug-likeness (QED) is 0.518. The van der Waals surface area contributed by atoms with E-state index in [1.54, 1.807) is 6.55 Å². The van der Waals surface area contributed by atoms with Gasteiger partial charge in [0.05, 0.1) is 0 Å². The molecule has 3 aliphatic rings. The predicted molar refractivity (Wildman–Crippen MR) is 98.5 cm³/mol. The van der Waals surface area contributed by atoms with Crippen molar-refractivity contribution in [2.75, 3.05) is 0 Å². The molecule has 0 amide bonds. The minimum atomic E-state index is -0.713. The molecule has 1 atom stereocenters. The van der Waals surface area contributed by atoms with Crippen molar-refractivity contribution < 1.29 is 48.0 Å². The van der Waals surface area contributed by atoms with Gasteiger partial charge in [-0.3, -0.25) is 0 Å². The molecule has 0 radical (unpaired) electrons. The second-order valence-electron chi connectivity index (χ2n) is 5.97. The number of fused-ring (bicyclic) bond motifs is 5. The Kier molecular flexibility index (Phi) is 6.23. The zero-order chi connectivity index (χ0) is 15.4. The minimum absolute atomic E-state index is 0. The van der Waals surface area contributed by atoms with Crippen LogP contribution in [0.15, 0.2) is 67.3 Å². The Morgan fingerprint density at radius 1 is 1.08 bits per heavy atom. The summed E-state index contributed by atoms with van der Waals surface area (Å²) in [6.45, 7) is 0. The van der Waals surface area contributed by atoms with E-state index in [1.807, 2.05) is 11.8 Å². The summed E-state index contributed by atoms with van der Waals surface area (Å²) < 4.78 is 4.60. The molecule has 0 saturated heterocycles. The fourth-order valence-corrected chi connectivity index (χ4v) is 8.94. The zero-order valence-electron chi connectivity index (χ0n) is 13.1. The summed E-state index contributed by atoms with van der Waals surface area (Å²) in [4.78, 5) is 1.43. The molecule has 25 heavy (non-hydrogen) atoms. The molecule has 2 aromatic carbocycles. The molecule has 5 rings (SSSR count). The molecule has 2 aromatic rings. The summed E-state index contributed by atoms with van der Waals surface area (Å²) in [6, 6.07) is 13.4. The fraction of sp³-hybridized carbons (Fsp3) is 0.100. The second kappa shape index (κ2) is 7.91. The Morgan fingerprint density at radius 2 is 1.92 bits per heavy atom. The second-order valence-corrected chi connectivity index (χ2v) is 11.4. The van der Waals surface area contributed by atoms with Crippen LogP contribution in [0.4, 0.5) is 0 Å². The first-order chi connectivity index (χ1) is 11.3. The topological polar surface area (TPSA) is 0 Å². The maximum atomic E-state index is 3.83. The van der Waals surface area contributed by atoms with Gasteiger partial charge in [-0.2, -0.15) is 0 Å². The van der Waals surface area contributed by atoms with Crippen LogP contribution in [0.5, 0.6) is 0 Å². The number of thioether (sulfide) groups is 1. The Morgan fingerprint density at radius 3 is 2.72 bits per heavy atom. The molecule has 0 bridgehead atoms. The molecule has 1 aliphatic heterocycles. The van der Waals surface area contributed by atoms with Crippen molar-refractivity contribution in [3.05, 3.63) is 79.1 Å². The molecule has 0 fully saturated rings. The molecular weight excluding hydrogens is 514 g/mol. The first-order valence-electron chi connectivity index (χ1n) is 7.74. The molecule has 0 aromatic heterocycles. The fourth-order valence-electron chi connectivity index (χ4n) is 3.50. The molecule has 0 saturated carbocycles. The van der Waals surface area contributed by atoms with Crippen LogP contribution in [0, 0.1) is 0 Å². The largest absolute Gasteiger partial charge is 1.00 e. The number of hydrogen-bond acceptors (Lipinski definition) is 1. The van der Waals surface area contributed by atoms with E-state index in [9.17, 15) is 0 Å². The van der Waals surface area contributed by atoms with Gasteiger partial charge in [-0.15, -0.1) is 0 Å². The Bertz CT molecular complexity index is 933. The van der Waals surface area contributed by atoms with Gasteiger partial charge in [0.2, 0.25) is 0 Å². The zero-order valence-corrected chi connectivity index (χ0v) is 19.5. The monoisotopic (exact) mass is 524 g/mol. The summed E-state index contributed by atoms with van der Waals surface area (Å²) in [6.07, 6.45) is 10.5. The summed E-state index contributed by atoms with van der Waals surface area (Å²) in [7, 11) is 0. The molecule has 5 heteroatoms. The van der Waals surface area contributed by atoms with E-state index in [0.717, 1.165) is 0 Å². The van der Waals surface area contributed by atoms with E-state index in [2.05, 4.69) is 76.6 Å². The SMILES string of the molecule is Brc1ccc2c([c]1[Zr+2][C]1=CC=CC1)C=C1c3ccccc3SC12.[Cl-].[Cl-]. The van der Waals surface area contributed by atoms with Crippen molar-refractivity contribution in [2.24, 2.45) is 0 Å². The summed E-state index contributed by atoms with van der Waals surface area (Å²) in [5, 5.41) is 0.504. The molecule has 0 spiro atoms. The van der Waals surface area contributed by atoms with Crippen molar-refractivity contribution in [3.63, 3.8) is 0 Å². The van der Waals surface area contributed by atoms with Gasteiger partial charge in [0.15, 0.2) is 0 Å². The average Bonchev–Trinajstić information content (AvgIpc) is 3.25.